The van der Waals surface area contributed by atoms with Gasteiger partial charge in [0, 0.05) is 18.5 Å². The highest BCUT2D eigenvalue weighted by Gasteiger charge is 2.41. The normalized spacial score (nSPS) is 24.8. The number of aliphatic hydroxyl groups is 1. The molecule has 2 N–H and O–H groups in total. The van der Waals surface area contributed by atoms with Gasteiger partial charge in [-0.2, -0.15) is 0 Å². The van der Waals surface area contributed by atoms with E-state index in [1.165, 1.54) is 5.56 Å². The highest BCUT2D eigenvalue weighted by atomic mass is 16.3. The molecule has 3 heteroatoms. The molecule has 2 atom stereocenters. The van der Waals surface area contributed by atoms with Gasteiger partial charge >= 0.3 is 0 Å². The van der Waals surface area contributed by atoms with Crippen molar-refractivity contribution in [3.63, 3.8) is 0 Å². The topological polar surface area (TPSA) is 43.7 Å². The first-order chi connectivity index (χ1) is 12.1. The number of hydrogen-bond donors (Lipinski definition) is 2. The van der Waals surface area contributed by atoms with Gasteiger partial charge in [0.25, 0.3) is 0 Å². The van der Waals surface area contributed by atoms with Gasteiger partial charge in [-0.05, 0) is 55.5 Å². The Balaban J connectivity index is 1.81. The first kappa shape index (κ1) is 18.0. The third-order valence-corrected chi connectivity index (χ3v) is 5.71. The molecular formula is C22H29NO2. The third kappa shape index (κ3) is 4.05. The molecule has 2 aromatic carbocycles. The van der Waals surface area contributed by atoms with E-state index in [4.69, 9.17) is 0 Å². The molecule has 0 unspecified atom stereocenters. The molecule has 0 aromatic heterocycles. The van der Waals surface area contributed by atoms with Gasteiger partial charge < -0.3 is 15.1 Å². The van der Waals surface area contributed by atoms with Crippen LogP contribution in [-0.2, 0) is 11.8 Å². The van der Waals surface area contributed by atoms with Crippen LogP contribution in [-0.4, -0.2) is 40.9 Å². The van der Waals surface area contributed by atoms with E-state index < -0.39 is 0 Å². The SMILES string of the molecule is CC[C@@]1(c2cccc(O)c2)CN(CCc2ccccc2)CCC[C@H]1O. The highest BCUT2D eigenvalue weighted by molar-refractivity contribution is 5.35. The molecule has 0 aliphatic carbocycles. The lowest BCUT2D eigenvalue weighted by Crippen LogP contribution is -2.47. The van der Waals surface area contributed by atoms with E-state index in [1.54, 1.807) is 6.07 Å². The Morgan fingerprint density at radius 3 is 2.64 bits per heavy atom. The molecule has 0 bridgehead atoms. The Bertz CT molecular complexity index is 673. The predicted molar refractivity (Wildman–Crippen MR) is 102 cm³/mol. The molecule has 2 aromatic rings. The largest absolute Gasteiger partial charge is 0.508 e. The van der Waals surface area contributed by atoms with E-state index in [0.717, 1.165) is 50.9 Å². The lowest BCUT2D eigenvalue weighted by Gasteiger charge is -2.39. The maximum atomic E-state index is 10.9. The van der Waals surface area contributed by atoms with E-state index in [9.17, 15) is 10.2 Å². The van der Waals surface area contributed by atoms with E-state index >= 15 is 0 Å². The molecule has 0 saturated carbocycles. The predicted octanol–water partition coefficient (Wildman–Crippen LogP) is 3.74. The van der Waals surface area contributed by atoms with Crippen molar-refractivity contribution in [3.05, 3.63) is 65.7 Å². The fourth-order valence-corrected chi connectivity index (χ4v) is 4.14. The molecule has 3 nitrogen and oxygen atoms in total. The van der Waals surface area contributed by atoms with Crippen molar-refractivity contribution >= 4 is 0 Å². The van der Waals surface area contributed by atoms with Crippen LogP contribution in [0.1, 0.15) is 37.3 Å². The van der Waals surface area contributed by atoms with Crippen LogP contribution in [0.3, 0.4) is 0 Å². The van der Waals surface area contributed by atoms with Crippen molar-refractivity contribution in [2.75, 3.05) is 19.6 Å². The van der Waals surface area contributed by atoms with Gasteiger partial charge in [0.05, 0.1) is 6.10 Å². The van der Waals surface area contributed by atoms with Crippen molar-refractivity contribution in [2.45, 2.75) is 44.1 Å². The summed E-state index contributed by atoms with van der Waals surface area (Å²) in [5.74, 6) is 0.276. The number of phenolic OH excluding ortho intramolecular Hbond substituents is 1. The van der Waals surface area contributed by atoms with Crippen LogP contribution < -0.4 is 0 Å². The van der Waals surface area contributed by atoms with Crippen molar-refractivity contribution < 1.29 is 10.2 Å². The molecule has 0 radical (unpaired) electrons. The maximum absolute atomic E-state index is 10.9. The number of hydrogen-bond acceptors (Lipinski definition) is 3. The van der Waals surface area contributed by atoms with Crippen LogP contribution in [0.5, 0.6) is 5.75 Å². The Morgan fingerprint density at radius 1 is 1.12 bits per heavy atom. The number of phenols is 1. The van der Waals surface area contributed by atoms with Gasteiger partial charge in [-0.3, -0.25) is 0 Å². The standard InChI is InChI=1S/C22H29NO2/c1-2-22(19-10-6-11-20(24)16-19)17-23(14-7-12-21(22)25)15-13-18-8-4-3-5-9-18/h3-6,8-11,16,21,24-25H,2,7,12-15,17H2,1H3/t21-,22+/m1/s1. The minimum Gasteiger partial charge on any atom is -0.508 e. The number of benzene rings is 2. The Labute approximate surface area is 150 Å². The van der Waals surface area contributed by atoms with Gasteiger partial charge in [0.1, 0.15) is 5.75 Å². The van der Waals surface area contributed by atoms with Crippen LogP contribution in [0, 0.1) is 0 Å². The minimum atomic E-state index is -0.374. The van der Waals surface area contributed by atoms with E-state index in [-0.39, 0.29) is 17.3 Å². The number of nitrogens with zero attached hydrogens (tertiary/aromatic N) is 1. The van der Waals surface area contributed by atoms with Gasteiger partial charge in [0.2, 0.25) is 0 Å². The second-order valence-electron chi connectivity index (χ2n) is 7.23. The fourth-order valence-electron chi connectivity index (χ4n) is 4.14. The third-order valence-electron chi connectivity index (χ3n) is 5.71. The molecule has 0 spiro atoms. The molecule has 1 heterocycles. The molecule has 134 valence electrons. The van der Waals surface area contributed by atoms with E-state index in [2.05, 4.69) is 42.2 Å². The first-order valence-corrected chi connectivity index (χ1v) is 9.38. The van der Waals surface area contributed by atoms with Crippen molar-refractivity contribution in [2.24, 2.45) is 0 Å². The number of aromatic hydroxyl groups is 1. The summed E-state index contributed by atoms with van der Waals surface area (Å²) in [6, 6.07) is 18.0. The number of aliphatic hydroxyl groups excluding tert-OH is 1. The molecular weight excluding hydrogens is 310 g/mol. The second-order valence-corrected chi connectivity index (χ2v) is 7.23. The van der Waals surface area contributed by atoms with Crippen molar-refractivity contribution in [3.8, 4) is 5.75 Å². The summed E-state index contributed by atoms with van der Waals surface area (Å²) in [6.07, 6.45) is 3.33. The summed E-state index contributed by atoms with van der Waals surface area (Å²) in [4.78, 5) is 2.48. The Morgan fingerprint density at radius 2 is 1.92 bits per heavy atom. The Hall–Kier alpha value is -1.84. The van der Waals surface area contributed by atoms with Crippen molar-refractivity contribution in [1.29, 1.82) is 0 Å². The zero-order chi connectivity index (χ0) is 17.7. The lowest BCUT2D eigenvalue weighted by molar-refractivity contribution is 0.0618. The van der Waals surface area contributed by atoms with Crippen LogP contribution in [0.4, 0.5) is 0 Å². The minimum absolute atomic E-state index is 0.276. The molecule has 1 aliphatic heterocycles. The summed E-state index contributed by atoms with van der Waals surface area (Å²) in [5.41, 5.74) is 2.09. The first-order valence-electron chi connectivity index (χ1n) is 9.38. The summed E-state index contributed by atoms with van der Waals surface area (Å²) in [5, 5.41) is 20.9. The van der Waals surface area contributed by atoms with Gasteiger partial charge in [-0.1, -0.05) is 49.4 Å². The number of rotatable bonds is 5. The summed E-state index contributed by atoms with van der Waals surface area (Å²) in [7, 11) is 0. The molecule has 25 heavy (non-hydrogen) atoms. The lowest BCUT2D eigenvalue weighted by atomic mass is 9.72. The van der Waals surface area contributed by atoms with Crippen LogP contribution >= 0.6 is 0 Å². The summed E-state index contributed by atoms with van der Waals surface area (Å²) < 4.78 is 0. The van der Waals surface area contributed by atoms with Gasteiger partial charge in [-0.15, -0.1) is 0 Å². The average Bonchev–Trinajstić information content (AvgIpc) is 2.80. The monoisotopic (exact) mass is 339 g/mol. The van der Waals surface area contributed by atoms with Gasteiger partial charge in [0.15, 0.2) is 0 Å². The second kappa shape index (κ2) is 8.03. The van der Waals surface area contributed by atoms with Crippen LogP contribution in [0.15, 0.2) is 54.6 Å². The smallest absolute Gasteiger partial charge is 0.115 e. The van der Waals surface area contributed by atoms with E-state index in [0.29, 0.717) is 0 Å². The summed E-state index contributed by atoms with van der Waals surface area (Å²) in [6.45, 7) is 5.00. The Kier molecular flexibility index (Phi) is 5.77. The van der Waals surface area contributed by atoms with Gasteiger partial charge in [-0.25, -0.2) is 0 Å². The van der Waals surface area contributed by atoms with E-state index in [1.807, 2.05) is 18.2 Å². The fraction of sp³-hybridized carbons (Fsp3) is 0.455. The quantitative estimate of drug-likeness (QED) is 0.872. The number of likely N-dealkylation sites (tertiary alicyclic amines) is 1. The van der Waals surface area contributed by atoms with Crippen LogP contribution in [0.25, 0.3) is 0 Å². The van der Waals surface area contributed by atoms with Crippen LogP contribution in [0.2, 0.25) is 0 Å². The molecule has 0 amide bonds. The zero-order valence-corrected chi connectivity index (χ0v) is 15.1. The molecule has 3 rings (SSSR count). The van der Waals surface area contributed by atoms with Crippen molar-refractivity contribution in [1.82, 2.24) is 4.90 Å². The maximum Gasteiger partial charge on any atom is 0.115 e. The summed E-state index contributed by atoms with van der Waals surface area (Å²) >= 11 is 0. The molecule has 1 aliphatic rings. The zero-order valence-electron chi connectivity index (χ0n) is 15.1. The molecule has 1 saturated heterocycles. The average molecular weight is 339 g/mol. The molecule has 1 fully saturated rings. The highest BCUT2D eigenvalue weighted by Crippen LogP contribution is 2.38.